The molecule has 0 saturated carbocycles. The van der Waals surface area contributed by atoms with Crippen molar-refractivity contribution in [2.75, 3.05) is 24.7 Å². The van der Waals surface area contributed by atoms with Crippen molar-refractivity contribution in [3.63, 3.8) is 0 Å². The summed E-state index contributed by atoms with van der Waals surface area (Å²) in [6, 6.07) is 11.4. The smallest absolute Gasteiger partial charge is 0.190 e. The molecule has 0 atom stereocenters. The number of nitrogen functional groups attached to an aromatic ring is 1. The van der Waals surface area contributed by atoms with Crippen LogP contribution in [0, 0.1) is 22.7 Å². The second kappa shape index (κ2) is 6.33. The number of hydrogen-bond acceptors (Lipinski definition) is 7. The molecule has 1 aromatic carbocycles. The Labute approximate surface area is 128 Å². The highest BCUT2D eigenvalue weighted by Crippen LogP contribution is 2.18. The Bertz CT molecular complexity index is 792. The fourth-order valence-electron chi connectivity index (χ4n) is 1.68. The zero-order valence-corrected chi connectivity index (χ0v) is 12.1. The highest BCUT2D eigenvalue weighted by atomic mass is 15.1. The molecule has 0 fully saturated rings. The van der Waals surface area contributed by atoms with Crippen LogP contribution >= 0.6 is 0 Å². The van der Waals surface area contributed by atoms with Crippen LogP contribution < -0.4 is 10.6 Å². The first kappa shape index (κ1) is 14.9. The Hall–Kier alpha value is -3.45. The van der Waals surface area contributed by atoms with Gasteiger partial charge in [0.2, 0.25) is 0 Å². The third-order valence-electron chi connectivity index (χ3n) is 2.86. The monoisotopic (exact) mass is 291 g/mol. The minimum absolute atomic E-state index is 0.0161. The molecule has 0 aliphatic heterocycles. The van der Waals surface area contributed by atoms with Gasteiger partial charge in [-0.3, -0.25) is 0 Å². The first-order valence-corrected chi connectivity index (χ1v) is 6.34. The standard InChI is InChI=1S/C15H13N7/c1-22(2)11-5-3-10(4-6-11)9-19-15-13(8-17)20-14(18)12(7-16)21-15/h3-6,9H,1-2H3,(H2,18,20). The van der Waals surface area contributed by atoms with E-state index in [1.165, 1.54) is 0 Å². The SMILES string of the molecule is CN(C)c1ccc(C=Nc2nc(C#N)c(N)nc2C#N)cc1. The molecule has 7 nitrogen and oxygen atoms in total. The van der Waals surface area contributed by atoms with E-state index in [1.54, 1.807) is 6.21 Å². The molecule has 0 aliphatic rings. The molecule has 0 radical (unpaired) electrons. The van der Waals surface area contributed by atoms with Crippen molar-refractivity contribution in [3.05, 3.63) is 41.2 Å². The number of nitrogens with two attached hydrogens (primary N) is 1. The Kier molecular flexibility index (Phi) is 4.30. The average Bonchev–Trinajstić information content (AvgIpc) is 2.53. The number of anilines is 2. The summed E-state index contributed by atoms with van der Waals surface area (Å²) < 4.78 is 0. The molecule has 22 heavy (non-hydrogen) atoms. The number of nitriles is 2. The van der Waals surface area contributed by atoms with Crippen LogP contribution in [-0.4, -0.2) is 30.3 Å². The van der Waals surface area contributed by atoms with Gasteiger partial charge in [0.25, 0.3) is 0 Å². The average molecular weight is 291 g/mol. The van der Waals surface area contributed by atoms with E-state index in [4.69, 9.17) is 16.3 Å². The van der Waals surface area contributed by atoms with E-state index in [9.17, 15) is 0 Å². The molecule has 0 amide bonds. The van der Waals surface area contributed by atoms with Crippen molar-refractivity contribution in [2.45, 2.75) is 0 Å². The quantitative estimate of drug-likeness (QED) is 0.859. The molecule has 0 bridgehead atoms. The number of nitrogens with zero attached hydrogens (tertiary/aromatic N) is 6. The third kappa shape index (κ3) is 3.17. The number of benzene rings is 1. The Balaban J connectivity index is 2.34. The second-order valence-corrected chi connectivity index (χ2v) is 4.60. The van der Waals surface area contributed by atoms with Gasteiger partial charge in [0, 0.05) is 26.0 Å². The lowest BCUT2D eigenvalue weighted by molar-refractivity contribution is 1.13. The van der Waals surface area contributed by atoms with Crippen LogP contribution in [0.15, 0.2) is 29.3 Å². The molecule has 0 unspecified atom stereocenters. The summed E-state index contributed by atoms with van der Waals surface area (Å²) in [5.74, 6) is -0.00160. The lowest BCUT2D eigenvalue weighted by Gasteiger charge is -2.11. The highest BCUT2D eigenvalue weighted by molar-refractivity contribution is 5.82. The van der Waals surface area contributed by atoms with E-state index in [1.807, 2.05) is 55.4 Å². The number of aromatic nitrogens is 2. The van der Waals surface area contributed by atoms with Crippen LogP contribution in [0.25, 0.3) is 0 Å². The van der Waals surface area contributed by atoms with E-state index in [2.05, 4.69) is 15.0 Å². The second-order valence-electron chi connectivity index (χ2n) is 4.60. The molecule has 7 heteroatoms. The van der Waals surface area contributed by atoms with Crippen molar-refractivity contribution >= 4 is 23.5 Å². The van der Waals surface area contributed by atoms with Crippen molar-refractivity contribution in [2.24, 2.45) is 4.99 Å². The Morgan fingerprint density at radius 3 is 2.27 bits per heavy atom. The van der Waals surface area contributed by atoms with Crippen LogP contribution in [-0.2, 0) is 0 Å². The fraction of sp³-hybridized carbons (Fsp3) is 0.133. The summed E-state index contributed by atoms with van der Waals surface area (Å²) in [6.07, 6.45) is 1.56. The fourth-order valence-corrected chi connectivity index (χ4v) is 1.68. The van der Waals surface area contributed by atoms with Gasteiger partial charge in [0.15, 0.2) is 23.0 Å². The molecule has 0 aliphatic carbocycles. The van der Waals surface area contributed by atoms with Gasteiger partial charge in [-0.25, -0.2) is 15.0 Å². The lowest BCUT2D eigenvalue weighted by Crippen LogP contribution is -2.08. The molecule has 0 saturated heterocycles. The van der Waals surface area contributed by atoms with E-state index < -0.39 is 0 Å². The molecule has 2 aromatic rings. The predicted molar refractivity (Wildman–Crippen MR) is 83.9 cm³/mol. The maximum Gasteiger partial charge on any atom is 0.190 e. The van der Waals surface area contributed by atoms with Crippen LogP contribution in [0.4, 0.5) is 17.3 Å². The Morgan fingerprint density at radius 2 is 1.73 bits per heavy atom. The highest BCUT2D eigenvalue weighted by Gasteiger charge is 2.10. The zero-order valence-electron chi connectivity index (χ0n) is 12.1. The summed E-state index contributed by atoms with van der Waals surface area (Å²) in [5, 5.41) is 17.9. The largest absolute Gasteiger partial charge is 0.381 e. The van der Waals surface area contributed by atoms with E-state index in [0.717, 1.165) is 11.3 Å². The number of hydrogen-bond donors (Lipinski definition) is 1. The molecule has 1 aromatic heterocycles. The topological polar surface area (TPSA) is 115 Å². The predicted octanol–water partition coefficient (Wildman–Crippen LogP) is 1.62. The molecular weight excluding hydrogens is 278 g/mol. The minimum Gasteiger partial charge on any atom is -0.381 e. The molecule has 0 spiro atoms. The van der Waals surface area contributed by atoms with E-state index >= 15 is 0 Å². The van der Waals surface area contributed by atoms with Gasteiger partial charge in [0.05, 0.1) is 0 Å². The zero-order chi connectivity index (χ0) is 16.1. The van der Waals surface area contributed by atoms with Crippen LogP contribution in [0.3, 0.4) is 0 Å². The molecule has 108 valence electrons. The third-order valence-corrected chi connectivity index (χ3v) is 2.86. The normalized spacial score (nSPS) is 10.2. The molecule has 2 rings (SSSR count). The van der Waals surface area contributed by atoms with Gasteiger partial charge in [-0.05, 0) is 17.7 Å². The maximum absolute atomic E-state index is 9.03. The Morgan fingerprint density at radius 1 is 1.09 bits per heavy atom. The summed E-state index contributed by atoms with van der Waals surface area (Å²) >= 11 is 0. The van der Waals surface area contributed by atoms with E-state index in [-0.39, 0.29) is 23.0 Å². The molecular formula is C15H13N7. The maximum atomic E-state index is 9.03. The van der Waals surface area contributed by atoms with Crippen molar-refractivity contribution in [3.8, 4) is 12.1 Å². The summed E-state index contributed by atoms with van der Waals surface area (Å²) in [5.41, 5.74) is 7.36. The number of aliphatic imine (C=N–C) groups is 1. The van der Waals surface area contributed by atoms with E-state index in [0.29, 0.717) is 0 Å². The van der Waals surface area contributed by atoms with Gasteiger partial charge in [-0.2, -0.15) is 10.5 Å². The van der Waals surface area contributed by atoms with Gasteiger partial charge in [-0.1, -0.05) is 12.1 Å². The van der Waals surface area contributed by atoms with Gasteiger partial charge < -0.3 is 10.6 Å². The summed E-state index contributed by atoms with van der Waals surface area (Å²) in [4.78, 5) is 13.9. The van der Waals surface area contributed by atoms with Gasteiger partial charge in [0.1, 0.15) is 12.1 Å². The minimum atomic E-state index is -0.0756. The van der Waals surface area contributed by atoms with Crippen LogP contribution in [0.2, 0.25) is 0 Å². The summed E-state index contributed by atoms with van der Waals surface area (Å²) in [7, 11) is 3.91. The van der Waals surface area contributed by atoms with Crippen LogP contribution in [0.1, 0.15) is 17.0 Å². The molecule has 2 N–H and O–H groups in total. The number of rotatable bonds is 3. The lowest BCUT2D eigenvalue weighted by atomic mass is 10.2. The molecule has 1 heterocycles. The van der Waals surface area contributed by atoms with Crippen molar-refractivity contribution < 1.29 is 0 Å². The van der Waals surface area contributed by atoms with Gasteiger partial charge in [-0.15, -0.1) is 0 Å². The first-order valence-electron chi connectivity index (χ1n) is 6.34. The van der Waals surface area contributed by atoms with Crippen molar-refractivity contribution in [1.82, 2.24) is 9.97 Å². The van der Waals surface area contributed by atoms with Crippen LogP contribution in [0.5, 0.6) is 0 Å². The van der Waals surface area contributed by atoms with Crippen molar-refractivity contribution in [1.29, 1.82) is 10.5 Å². The summed E-state index contributed by atoms with van der Waals surface area (Å²) in [6.45, 7) is 0. The van der Waals surface area contributed by atoms with Gasteiger partial charge >= 0.3 is 0 Å². The first-order chi connectivity index (χ1) is 10.5.